The average molecular weight is 223 g/mol. The minimum absolute atomic E-state index is 0.131. The molecule has 1 atom stereocenters. The lowest BCUT2D eigenvalue weighted by molar-refractivity contribution is -0.117. The van der Waals surface area contributed by atoms with Gasteiger partial charge in [-0.25, -0.2) is 9.11 Å². The van der Waals surface area contributed by atoms with Crippen molar-refractivity contribution in [3.63, 3.8) is 0 Å². The number of hydrogen-bond donors (Lipinski definition) is 2. The highest BCUT2D eigenvalue weighted by Gasteiger charge is 2.06. The first-order valence-corrected chi connectivity index (χ1v) is 4.75. The summed E-state index contributed by atoms with van der Waals surface area (Å²) in [7, 11) is 0. The summed E-state index contributed by atoms with van der Waals surface area (Å²) in [5.41, 5.74) is 0.532. The average Bonchev–Trinajstić information content (AvgIpc) is 2.18. The topological polar surface area (TPSA) is 29.1 Å². The Kier molecular flexibility index (Phi) is 4.35. The molecule has 4 heteroatoms. The van der Waals surface area contributed by atoms with Crippen molar-refractivity contribution >= 4 is 18.6 Å². The molecule has 0 bridgehead atoms. The molecule has 0 aliphatic heterocycles. The van der Waals surface area contributed by atoms with E-state index >= 15 is 0 Å². The van der Waals surface area contributed by atoms with Gasteiger partial charge in [0.25, 0.3) is 0 Å². The van der Waals surface area contributed by atoms with Gasteiger partial charge in [0, 0.05) is 5.56 Å². The predicted octanol–water partition coefficient (Wildman–Crippen LogP) is 1.57. The molecular formula is C11H10FNOS. The minimum Gasteiger partial charge on any atom is -0.297 e. The molecule has 0 aliphatic rings. The van der Waals surface area contributed by atoms with E-state index in [1.54, 1.807) is 12.1 Å². The van der Waals surface area contributed by atoms with Crippen LogP contribution in [-0.2, 0) is 4.79 Å². The molecule has 0 saturated heterocycles. The van der Waals surface area contributed by atoms with E-state index in [1.807, 2.05) is 0 Å². The molecule has 0 fully saturated rings. The summed E-state index contributed by atoms with van der Waals surface area (Å²) >= 11 is 3.77. The van der Waals surface area contributed by atoms with Crippen LogP contribution in [0.15, 0.2) is 24.3 Å². The van der Waals surface area contributed by atoms with Gasteiger partial charge in [-0.05, 0) is 25.1 Å². The first-order valence-electron chi connectivity index (χ1n) is 4.30. The van der Waals surface area contributed by atoms with E-state index in [1.165, 1.54) is 19.1 Å². The molecule has 0 aliphatic carbocycles. The van der Waals surface area contributed by atoms with Crippen LogP contribution in [-0.4, -0.2) is 11.8 Å². The number of benzene rings is 1. The van der Waals surface area contributed by atoms with Crippen molar-refractivity contribution in [3.05, 3.63) is 35.6 Å². The van der Waals surface area contributed by atoms with Crippen LogP contribution in [0.5, 0.6) is 0 Å². The van der Waals surface area contributed by atoms with Gasteiger partial charge < -0.3 is 0 Å². The van der Waals surface area contributed by atoms with E-state index in [9.17, 15) is 9.18 Å². The van der Waals surface area contributed by atoms with Gasteiger partial charge in [0.15, 0.2) is 5.78 Å². The summed E-state index contributed by atoms with van der Waals surface area (Å²) in [6, 6.07) is 5.26. The van der Waals surface area contributed by atoms with E-state index in [2.05, 4.69) is 29.4 Å². The van der Waals surface area contributed by atoms with Gasteiger partial charge in [-0.1, -0.05) is 30.7 Å². The Balaban J connectivity index is 2.85. The van der Waals surface area contributed by atoms with Gasteiger partial charge in [0.2, 0.25) is 0 Å². The largest absolute Gasteiger partial charge is 0.297 e. The zero-order chi connectivity index (χ0) is 11.3. The maximum absolute atomic E-state index is 12.8. The van der Waals surface area contributed by atoms with E-state index < -0.39 is 6.04 Å². The molecule has 1 N–H and O–H groups in total. The molecule has 0 unspecified atom stereocenters. The van der Waals surface area contributed by atoms with Crippen LogP contribution in [0.25, 0.3) is 0 Å². The number of hydrogen-bond acceptors (Lipinski definition) is 3. The molecule has 15 heavy (non-hydrogen) atoms. The van der Waals surface area contributed by atoms with E-state index in [-0.39, 0.29) is 11.6 Å². The van der Waals surface area contributed by atoms with Crippen LogP contribution in [0.1, 0.15) is 12.5 Å². The van der Waals surface area contributed by atoms with E-state index in [4.69, 9.17) is 0 Å². The molecule has 0 aromatic heterocycles. The first-order chi connectivity index (χ1) is 7.13. The summed E-state index contributed by atoms with van der Waals surface area (Å²) in [6.07, 6.45) is 0. The highest BCUT2D eigenvalue weighted by Crippen LogP contribution is 2.01. The fraction of sp³-hybridized carbons (Fsp3) is 0.182. The van der Waals surface area contributed by atoms with E-state index in [0.717, 1.165) is 0 Å². The Morgan fingerprint density at radius 2 is 2.33 bits per heavy atom. The summed E-state index contributed by atoms with van der Waals surface area (Å²) in [6.45, 7) is 1.41. The summed E-state index contributed by atoms with van der Waals surface area (Å²) in [4.78, 5) is 11.0. The predicted molar refractivity (Wildman–Crippen MR) is 59.9 cm³/mol. The van der Waals surface area contributed by atoms with Crippen molar-refractivity contribution in [3.8, 4) is 11.8 Å². The zero-order valence-corrected chi connectivity index (χ0v) is 9.01. The standard InChI is InChI=1S/C11H10FNOS/c1-8(14)11(13-15)6-5-9-3-2-4-10(12)7-9/h2-4,7,11,13,15H,1H3/t11-/m1/s1. The number of halogens is 1. The summed E-state index contributed by atoms with van der Waals surface area (Å²) in [5.74, 6) is 4.88. The van der Waals surface area contributed by atoms with Crippen LogP contribution in [0.4, 0.5) is 4.39 Å². The van der Waals surface area contributed by atoms with Crippen LogP contribution in [0.2, 0.25) is 0 Å². The Bertz CT molecular complexity index is 422. The van der Waals surface area contributed by atoms with Gasteiger partial charge >= 0.3 is 0 Å². The van der Waals surface area contributed by atoms with Crippen molar-refractivity contribution in [2.45, 2.75) is 13.0 Å². The molecule has 0 spiro atoms. The molecule has 0 radical (unpaired) electrons. The first kappa shape index (κ1) is 11.8. The number of thiol groups is 1. The normalized spacial score (nSPS) is 11.4. The van der Waals surface area contributed by atoms with Crippen molar-refractivity contribution in [2.75, 3.05) is 0 Å². The lowest BCUT2D eigenvalue weighted by Crippen LogP contribution is -2.26. The smallest absolute Gasteiger partial charge is 0.159 e. The van der Waals surface area contributed by atoms with Crippen molar-refractivity contribution in [1.29, 1.82) is 0 Å². The molecule has 1 aromatic carbocycles. The monoisotopic (exact) mass is 223 g/mol. The van der Waals surface area contributed by atoms with Gasteiger partial charge in [0.1, 0.15) is 11.9 Å². The van der Waals surface area contributed by atoms with E-state index in [0.29, 0.717) is 5.56 Å². The Morgan fingerprint density at radius 1 is 1.60 bits per heavy atom. The molecule has 1 aromatic rings. The van der Waals surface area contributed by atoms with Gasteiger partial charge in [-0.15, -0.1) is 0 Å². The molecule has 0 heterocycles. The molecule has 0 saturated carbocycles. The third kappa shape index (κ3) is 3.74. The molecule has 2 nitrogen and oxygen atoms in total. The second-order valence-corrected chi connectivity index (χ2v) is 3.21. The third-order valence-corrected chi connectivity index (χ3v) is 1.98. The SMILES string of the molecule is CC(=O)[C@@H](C#Cc1cccc(F)c1)NS. The molecule has 0 amide bonds. The summed E-state index contributed by atoms with van der Waals surface area (Å²) < 4.78 is 15.2. The molecule has 1 rings (SSSR count). The number of carbonyl (C=O) groups excluding carboxylic acids is 1. The Morgan fingerprint density at radius 3 is 2.87 bits per heavy atom. The van der Waals surface area contributed by atoms with Crippen molar-refractivity contribution in [1.82, 2.24) is 4.72 Å². The highest BCUT2D eigenvalue weighted by molar-refractivity contribution is 7.78. The van der Waals surface area contributed by atoms with Crippen molar-refractivity contribution < 1.29 is 9.18 Å². The summed E-state index contributed by atoms with van der Waals surface area (Å²) in [5, 5.41) is 0. The van der Waals surface area contributed by atoms with Crippen LogP contribution in [0, 0.1) is 17.7 Å². The maximum atomic E-state index is 12.8. The Hall–Kier alpha value is -1.31. The quantitative estimate of drug-likeness (QED) is 0.588. The number of Topliss-reactive ketones (excluding diaryl/α,β-unsaturated/α-hetero) is 1. The number of ketones is 1. The van der Waals surface area contributed by atoms with Crippen LogP contribution >= 0.6 is 12.8 Å². The van der Waals surface area contributed by atoms with Crippen LogP contribution in [0.3, 0.4) is 0 Å². The number of nitrogens with one attached hydrogen (secondary N) is 1. The molecule has 78 valence electrons. The second kappa shape index (κ2) is 5.54. The fourth-order valence-electron chi connectivity index (χ4n) is 0.947. The number of carbonyl (C=O) groups is 1. The lowest BCUT2D eigenvalue weighted by atomic mass is 10.2. The highest BCUT2D eigenvalue weighted by atomic mass is 32.1. The van der Waals surface area contributed by atoms with Crippen LogP contribution < -0.4 is 4.72 Å². The maximum Gasteiger partial charge on any atom is 0.159 e. The number of rotatable bonds is 2. The second-order valence-electron chi connectivity index (χ2n) is 2.95. The third-order valence-electron chi connectivity index (χ3n) is 1.72. The van der Waals surface area contributed by atoms with Gasteiger partial charge in [-0.2, -0.15) is 0 Å². The zero-order valence-electron chi connectivity index (χ0n) is 8.12. The van der Waals surface area contributed by atoms with Gasteiger partial charge in [-0.3, -0.25) is 4.79 Å². The Labute approximate surface area is 93.4 Å². The molecular weight excluding hydrogens is 213 g/mol. The fourth-order valence-corrected chi connectivity index (χ4v) is 1.19. The lowest BCUT2D eigenvalue weighted by Gasteiger charge is -2.01. The van der Waals surface area contributed by atoms with Gasteiger partial charge in [0.05, 0.1) is 0 Å². The minimum atomic E-state index is -0.628. The van der Waals surface area contributed by atoms with Crippen molar-refractivity contribution in [2.24, 2.45) is 0 Å².